The van der Waals surface area contributed by atoms with Crippen LogP contribution >= 0.6 is 23.1 Å². The second kappa shape index (κ2) is 9.29. The molecule has 0 saturated heterocycles. The van der Waals surface area contributed by atoms with Crippen molar-refractivity contribution in [3.05, 3.63) is 62.8 Å². The average molecular weight is 416 g/mol. The molecule has 0 unspecified atom stereocenters. The summed E-state index contributed by atoms with van der Waals surface area (Å²) in [6.07, 6.45) is 1.89. The zero-order chi connectivity index (χ0) is 19.9. The number of nitrogens with one attached hydrogen (secondary N) is 3. The van der Waals surface area contributed by atoms with Crippen LogP contribution in [0.5, 0.6) is 0 Å². The van der Waals surface area contributed by atoms with Crippen molar-refractivity contribution in [2.75, 3.05) is 10.6 Å². The summed E-state index contributed by atoms with van der Waals surface area (Å²) in [6.45, 7) is 1.68. The van der Waals surface area contributed by atoms with E-state index >= 15 is 0 Å². The standard InChI is InChI=1S/C18H17N5O3S2/c1-2-13(24)20-15-14(21-16(25)12-7-5-9-27-12)17(26)23-18(22-15)28-10-11-6-3-4-8-19-11/h3-9H,2,10H2,1H3,(H,21,25)(H2,20,22,23,24,26). The summed E-state index contributed by atoms with van der Waals surface area (Å²) >= 11 is 2.52. The smallest absolute Gasteiger partial charge is 0.277 e. The number of hydrogen-bond acceptors (Lipinski definition) is 7. The first-order valence-corrected chi connectivity index (χ1v) is 10.2. The van der Waals surface area contributed by atoms with Crippen molar-refractivity contribution in [3.63, 3.8) is 0 Å². The Bertz CT molecular complexity index is 1020. The van der Waals surface area contributed by atoms with Crippen molar-refractivity contribution >= 4 is 46.4 Å². The third-order valence-electron chi connectivity index (χ3n) is 3.54. The number of thioether (sulfide) groups is 1. The fraction of sp³-hybridized carbons (Fsp3) is 0.167. The van der Waals surface area contributed by atoms with Crippen LogP contribution in [-0.2, 0) is 10.5 Å². The van der Waals surface area contributed by atoms with Crippen LogP contribution in [0.1, 0.15) is 28.7 Å². The first-order valence-electron chi connectivity index (χ1n) is 8.38. The summed E-state index contributed by atoms with van der Waals surface area (Å²) < 4.78 is 0. The number of H-pyrrole nitrogens is 1. The number of carbonyl (C=O) groups is 2. The number of amides is 2. The van der Waals surface area contributed by atoms with Crippen LogP contribution < -0.4 is 16.2 Å². The minimum absolute atomic E-state index is 0.0176. The second-order valence-corrected chi connectivity index (χ2v) is 7.45. The van der Waals surface area contributed by atoms with E-state index in [9.17, 15) is 14.4 Å². The van der Waals surface area contributed by atoms with Gasteiger partial charge < -0.3 is 10.6 Å². The Morgan fingerprint density at radius 3 is 2.75 bits per heavy atom. The van der Waals surface area contributed by atoms with Gasteiger partial charge in [0, 0.05) is 18.4 Å². The normalized spacial score (nSPS) is 10.5. The molecular weight excluding hydrogens is 398 g/mol. The van der Waals surface area contributed by atoms with E-state index in [1.807, 2.05) is 18.2 Å². The van der Waals surface area contributed by atoms with E-state index in [2.05, 4.69) is 25.6 Å². The predicted molar refractivity (Wildman–Crippen MR) is 110 cm³/mol. The van der Waals surface area contributed by atoms with Crippen LogP contribution in [0.4, 0.5) is 11.5 Å². The number of pyridine rings is 1. The maximum atomic E-state index is 12.6. The van der Waals surface area contributed by atoms with Gasteiger partial charge in [-0.25, -0.2) is 4.98 Å². The number of anilines is 2. The third-order valence-corrected chi connectivity index (χ3v) is 5.32. The summed E-state index contributed by atoms with van der Waals surface area (Å²) in [6, 6.07) is 8.93. The van der Waals surface area contributed by atoms with Gasteiger partial charge in [-0.3, -0.25) is 24.4 Å². The topological polar surface area (TPSA) is 117 Å². The van der Waals surface area contributed by atoms with Gasteiger partial charge in [0.1, 0.15) is 0 Å². The van der Waals surface area contributed by atoms with E-state index in [0.29, 0.717) is 15.8 Å². The summed E-state index contributed by atoms with van der Waals surface area (Å²) in [5, 5.41) is 7.19. The van der Waals surface area contributed by atoms with E-state index < -0.39 is 11.5 Å². The number of hydrogen-bond donors (Lipinski definition) is 3. The molecule has 3 heterocycles. The van der Waals surface area contributed by atoms with Crippen molar-refractivity contribution in [1.29, 1.82) is 0 Å². The molecule has 8 nitrogen and oxygen atoms in total. The Labute approximate surface area is 168 Å². The van der Waals surface area contributed by atoms with Crippen molar-refractivity contribution in [3.8, 4) is 0 Å². The lowest BCUT2D eigenvalue weighted by atomic mass is 10.3. The predicted octanol–water partition coefficient (Wildman–Crippen LogP) is 3.12. The first-order chi connectivity index (χ1) is 13.6. The Hall–Kier alpha value is -2.98. The second-order valence-electron chi connectivity index (χ2n) is 5.54. The van der Waals surface area contributed by atoms with Crippen molar-refractivity contribution < 1.29 is 9.59 Å². The highest BCUT2D eigenvalue weighted by molar-refractivity contribution is 7.98. The maximum absolute atomic E-state index is 12.6. The molecular formula is C18H17N5O3S2. The summed E-state index contributed by atoms with van der Waals surface area (Å²) in [7, 11) is 0. The molecule has 0 atom stereocenters. The number of rotatable bonds is 7. The minimum atomic E-state index is -0.546. The molecule has 3 aromatic heterocycles. The van der Waals surface area contributed by atoms with Gasteiger partial charge in [0.15, 0.2) is 16.7 Å². The van der Waals surface area contributed by atoms with Crippen LogP contribution in [0, 0.1) is 0 Å². The quantitative estimate of drug-likeness (QED) is 0.403. The van der Waals surface area contributed by atoms with E-state index in [4.69, 9.17) is 0 Å². The molecule has 0 fully saturated rings. The van der Waals surface area contributed by atoms with Crippen LogP contribution in [0.3, 0.4) is 0 Å². The van der Waals surface area contributed by atoms with Gasteiger partial charge in [-0.15, -0.1) is 11.3 Å². The molecule has 0 aliphatic heterocycles. The molecule has 144 valence electrons. The highest BCUT2D eigenvalue weighted by Crippen LogP contribution is 2.23. The summed E-state index contributed by atoms with van der Waals surface area (Å²) in [5.41, 5.74) is 0.182. The summed E-state index contributed by atoms with van der Waals surface area (Å²) in [5.74, 6) is -0.246. The molecule has 10 heteroatoms. The molecule has 0 aliphatic rings. The zero-order valence-corrected chi connectivity index (χ0v) is 16.5. The zero-order valence-electron chi connectivity index (χ0n) is 14.9. The molecule has 2 amide bonds. The van der Waals surface area contributed by atoms with Gasteiger partial charge in [0.05, 0.1) is 10.6 Å². The Kier molecular flexibility index (Phi) is 6.56. The summed E-state index contributed by atoms with van der Waals surface area (Å²) in [4.78, 5) is 48.3. The number of aromatic nitrogens is 3. The van der Waals surface area contributed by atoms with Crippen LogP contribution in [0.2, 0.25) is 0 Å². The van der Waals surface area contributed by atoms with E-state index in [-0.39, 0.29) is 23.8 Å². The van der Waals surface area contributed by atoms with Crippen LogP contribution in [-0.4, -0.2) is 26.8 Å². The van der Waals surface area contributed by atoms with E-state index in [1.54, 1.807) is 30.6 Å². The van der Waals surface area contributed by atoms with Crippen molar-refractivity contribution in [2.45, 2.75) is 24.3 Å². The van der Waals surface area contributed by atoms with Crippen LogP contribution in [0.15, 0.2) is 51.9 Å². The molecule has 0 spiro atoms. The number of aromatic amines is 1. The lowest BCUT2D eigenvalue weighted by molar-refractivity contribution is -0.115. The lowest BCUT2D eigenvalue weighted by Gasteiger charge is -2.11. The largest absolute Gasteiger partial charge is 0.314 e. The van der Waals surface area contributed by atoms with E-state index in [0.717, 1.165) is 5.69 Å². The van der Waals surface area contributed by atoms with Crippen molar-refractivity contribution in [1.82, 2.24) is 15.0 Å². The molecule has 0 bridgehead atoms. The van der Waals surface area contributed by atoms with Gasteiger partial charge in [-0.1, -0.05) is 30.8 Å². The molecule has 3 aromatic rings. The molecule has 0 saturated carbocycles. The fourth-order valence-corrected chi connectivity index (χ4v) is 3.55. The maximum Gasteiger partial charge on any atom is 0.277 e. The third kappa shape index (κ3) is 5.05. The van der Waals surface area contributed by atoms with Gasteiger partial charge in [0.25, 0.3) is 11.5 Å². The molecule has 28 heavy (non-hydrogen) atoms. The van der Waals surface area contributed by atoms with E-state index in [1.165, 1.54) is 23.1 Å². The molecule has 3 rings (SSSR count). The van der Waals surface area contributed by atoms with Gasteiger partial charge in [-0.05, 0) is 23.6 Å². The number of thiophene rings is 1. The lowest BCUT2D eigenvalue weighted by Crippen LogP contribution is -2.24. The van der Waals surface area contributed by atoms with Crippen molar-refractivity contribution in [2.24, 2.45) is 0 Å². The number of nitrogens with zero attached hydrogens (tertiary/aromatic N) is 2. The Morgan fingerprint density at radius 1 is 1.21 bits per heavy atom. The van der Waals surface area contributed by atoms with Crippen LogP contribution in [0.25, 0.3) is 0 Å². The Balaban J connectivity index is 1.86. The van der Waals surface area contributed by atoms with Gasteiger partial charge in [-0.2, -0.15) is 0 Å². The monoisotopic (exact) mass is 415 g/mol. The Morgan fingerprint density at radius 2 is 2.07 bits per heavy atom. The highest BCUT2D eigenvalue weighted by atomic mass is 32.2. The molecule has 3 N–H and O–H groups in total. The van der Waals surface area contributed by atoms with Gasteiger partial charge in [0.2, 0.25) is 5.91 Å². The fourth-order valence-electron chi connectivity index (χ4n) is 2.16. The SMILES string of the molecule is CCC(=O)Nc1nc(SCc2ccccn2)[nH]c(=O)c1NC(=O)c1cccs1. The highest BCUT2D eigenvalue weighted by Gasteiger charge is 2.18. The first kappa shape index (κ1) is 19.8. The average Bonchev–Trinajstić information content (AvgIpc) is 3.24. The number of carbonyl (C=O) groups excluding carboxylic acids is 2. The molecule has 0 radical (unpaired) electrons. The van der Waals surface area contributed by atoms with Gasteiger partial charge >= 0.3 is 0 Å². The minimum Gasteiger partial charge on any atom is -0.314 e. The molecule has 0 aromatic carbocycles. The molecule has 0 aliphatic carbocycles.